The number of carboxylic acid groups (broad SMARTS) is 1. The van der Waals surface area contributed by atoms with Gasteiger partial charge >= 0.3 is 5.97 Å². The summed E-state index contributed by atoms with van der Waals surface area (Å²) in [4.78, 5) is 24.6. The predicted octanol–water partition coefficient (Wildman–Crippen LogP) is 2.78. The first-order valence-corrected chi connectivity index (χ1v) is 8.14. The summed E-state index contributed by atoms with van der Waals surface area (Å²) in [6.07, 6.45) is 2.20. The molecule has 1 aliphatic rings. The molecular formula is C18H21NO6. The van der Waals surface area contributed by atoms with Crippen LogP contribution < -0.4 is 4.90 Å². The number of nitrogens with zero attached hydrogens (tertiary/aromatic N) is 1. The molecule has 2 aromatic rings. The van der Waals surface area contributed by atoms with Crippen molar-refractivity contribution < 1.29 is 28.6 Å². The number of methoxy groups -OCH3 is 2. The number of hydrogen-bond acceptors (Lipinski definition) is 6. The first kappa shape index (κ1) is 17.4. The SMILES string of the molecule is COC(OC)C1CCN(c2ccc3c(C=O)c(C(=O)O)oc3c2)CC1. The quantitative estimate of drug-likeness (QED) is 0.635. The summed E-state index contributed by atoms with van der Waals surface area (Å²) in [5.74, 6) is -1.21. The maximum atomic E-state index is 11.2. The topological polar surface area (TPSA) is 89.2 Å². The molecule has 0 spiro atoms. The Kier molecular flexibility index (Phi) is 5.06. The van der Waals surface area contributed by atoms with Crippen LogP contribution in [0.25, 0.3) is 11.0 Å². The molecule has 2 heterocycles. The van der Waals surface area contributed by atoms with Crippen LogP contribution in [0, 0.1) is 5.92 Å². The first-order chi connectivity index (χ1) is 12.1. The maximum Gasteiger partial charge on any atom is 0.372 e. The minimum Gasteiger partial charge on any atom is -0.475 e. The summed E-state index contributed by atoms with van der Waals surface area (Å²) >= 11 is 0. The Morgan fingerprint density at radius 1 is 1.32 bits per heavy atom. The maximum absolute atomic E-state index is 11.2. The van der Waals surface area contributed by atoms with Crippen LogP contribution >= 0.6 is 0 Å². The van der Waals surface area contributed by atoms with Crippen molar-refractivity contribution in [1.82, 2.24) is 0 Å². The highest BCUT2D eigenvalue weighted by atomic mass is 16.7. The zero-order valence-electron chi connectivity index (χ0n) is 14.2. The van der Waals surface area contributed by atoms with Gasteiger partial charge in [-0.05, 0) is 25.0 Å². The van der Waals surface area contributed by atoms with Crippen molar-refractivity contribution in [2.24, 2.45) is 5.92 Å². The number of carbonyl (C=O) groups excluding carboxylic acids is 1. The van der Waals surface area contributed by atoms with Gasteiger partial charge in [0.05, 0.1) is 5.56 Å². The Morgan fingerprint density at radius 2 is 2.00 bits per heavy atom. The van der Waals surface area contributed by atoms with E-state index in [1.54, 1.807) is 26.4 Å². The molecule has 0 radical (unpaired) electrons. The number of carboxylic acids is 1. The van der Waals surface area contributed by atoms with Crippen LogP contribution in [0.4, 0.5) is 5.69 Å². The van der Waals surface area contributed by atoms with Gasteiger partial charge in [0.25, 0.3) is 0 Å². The van der Waals surface area contributed by atoms with Gasteiger partial charge in [0.1, 0.15) is 5.58 Å². The number of carbonyl (C=O) groups is 2. The molecule has 1 fully saturated rings. The number of ether oxygens (including phenoxy) is 2. The second-order valence-electron chi connectivity index (χ2n) is 6.11. The van der Waals surface area contributed by atoms with E-state index in [1.807, 2.05) is 6.07 Å². The zero-order valence-corrected chi connectivity index (χ0v) is 14.2. The van der Waals surface area contributed by atoms with Gasteiger partial charge < -0.3 is 23.9 Å². The third kappa shape index (κ3) is 3.25. The number of benzene rings is 1. The van der Waals surface area contributed by atoms with E-state index in [2.05, 4.69) is 4.90 Å². The van der Waals surface area contributed by atoms with Crippen molar-refractivity contribution in [3.63, 3.8) is 0 Å². The lowest BCUT2D eigenvalue weighted by Crippen LogP contribution is -2.39. The first-order valence-electron chi connectivity index (χ1n) is 8.14. The molecule has 7 nitrogen and oxygen atoms in total. The van der Waals surface area contributed by atoms with Gasteiger partial charge in [0.2, 0.25) is 5.76 Å². The molecule has 0 unspecified atom stereocenters. The molecule has 1 aliphatic heterocycles. The molecule has 0 amide bonds. The van der Waals surface area contributed by atoms with Crippen molar-refractivity contribution >= 4 is 28.9 Å². The molecule has 25 heavy (non-hydrogen) atoms. The van der Waals surface area contributed by atoms with Crippen LogP contribution in [0.15, 0.2) is 22.6 Å². The van der Waals surface area contributed by atoms with E-state index in [0.29, 0.717) is 23.2 Å². The lowest BCUT2D eigenvalue weighted by molar-refractivity contribution is -0.141. The summed E-state index contributed by atoms with van der Waals surface area (Å²) in [7, 11) is 3.30. The van der Waals surface area contributed by atoms with E-state index in [1.165, 1.54) is 0 Å². The highest BCUT2D eigenvalue weighted by molar-refractivity contribution is 6.06. The summed E-state index contributed by atoms with van der Waals surface area (Å²) in [5.41, 5.74) is 1.43. The summed E-state index contributed by atoms with van der Waals surface area (Å²) in [6, 6.07) is 5.42. The van der Waals surface area contributed by atoms with Gasteiger partial charge in [0, 0.05) is 50.4 Å². The van der Waals surface area contributed by atoms with Crippen LogP contribution in [0.5, 0.6) is 0 Å². The number of furan rings is 1. The zero-order chi connectivity index (χ0) is 18.0. The van der Waals surface area contributed by atoms with E-state index in [-0.39, 0.29) is 17.6 Å². The van der Waals surface area contributed by atoms with E-state index in [0.717, 1.165) is 31.6 Å². The second kappa shape index (κ2) is 7.25. The summed E-state index contributed by atoms with van der Waals surface area (Å²) < 4.78 is 16.1. The Bertz CT molecular complexity index is 771. The molecule has 0 bridgehead atoms. The third-order valence-corrected chi connectivity index (χ3v) is 4.78. The van der Waals surface area contributed by atoms with Crippen LogP contribution in [-0.2, 0) is 9.47 Å². The largest absolute Gasteiger partial charge is 0.475 e. The number of rotatable bonds is 6. The number of aromatic carboxylic acids is 1. The number of anilines is 1. The Morgan fingerprint density at radius 3 is 2.56 bits per heavy atom. The van der Waals surface area contributed by atoms with E-state index < -0.39 is 5.97 Å². The Balaban J connectivity index is 1.81. The highest BCUT2D eigenvalue weighted by Gasteiger charge is 2.27. The normalized spacial score (nSPS) is 15.9. The highest BCUT2D eigenvalue weighted by Crippen LogP contribution is 2.31. The van der Waals surface area contributed by atoms with Crippen LogP contribution in [0.2, 0.25) is 0 Å². The minimum atomic E-state index is -1.24. The van der Waals surface area contributed by atoms with Crippen molar-refractivity contribution in [3.05, 3.63) is 29.5 Å². The summed E-state index contributed by atoms with van der Waals surface area (Å²) in [6.45, 7) is 1.68. The monoisotopic (exact) mass is 347 g/mol. The van der Waals surface area contributed by atoms with E-state index >= 15 is 0 Å². The number of fused-ring (bicyclic) bond motifs is 1. The average molecular weight is 347 g/mol. The molecular weight excluding hydrogens is 326 g/mol. The number of aldehydes is 1. The van der Waals surface area contributed by atoms with E-state index in [9.17, 15) is 9.59 Å². The molecule has 1 saturated heterocycles. The van der Waals surface area contributed by atoms with Gasteiger partial charge in [-0.2, -0.15) is 0 Å². The standard InChI is InChI=1S/C18H21NO6/c1-23-18(24-2)11-5-7-19(8-6-11)12-3-4-13-14(10-20)16(17(21)22)25-15(13)9-12/h3-4,9-11,18H,5-8H2,1-2H3,(H,21,22). The van der Waals surface area contributed by atoms with Crippen molar-refractivity contribution in [2.45, 2.75) is 19.1 Å². The fraction of sp³-hybridized carbons (Fsp3) is 0.444. The van der Waals surface area contributed by atoms with Crippen LogP contribution in [0.3, 0.4) is 0 Å². The van der Waals surface area contributed by atoms with Crippen molar-refractivity contribution in [2.75, 3.05) is 32.2 Å². The fourth-order valence-corrected chi connectivity index (χ4v) is 3.49. The molecule has 1 N–H and O–H groups in total. The van der Waals surface area contributed by atoms with Crippen molar-refractivity contribution in [1.29, 1.82) is 0 Å². The molecule has 0 saturated carbocycles. The van der Waals surface area contributed by atoms with Crippen molar-refractivity contribution in [3.8, 4) is 0 Å². The molecule has 134 valence electrons. The summed E-state index contributed by atoms with van der Waals surface area (Å²) in [5, 5.41) is 9.68. The molecule has 1 aromatic heterocycles. The van der Waals surface area contributed by atoms with Gasteiger partial charge in [-0.25, -0.2) is 4.79 Å². The number of piperidine rings is 1. The lowest BCUT2D eigenvalue weighted by atomic mass is 9.95. The molecule has 3 rings (SSSR count). The van der Waals surface area contributed by atoms with Gasteiger partial charge in [-0.15, -0.1) is 0 Å². The third-order valence-electron chi connectivity index (χ3n) is 4.78. The lowest BCUT2D eigenvalue weighted by Gasteiger charge is -2.36. The smallest absolute Gasteiger partial charge is 0.372 e. The minimum absolute atomic E-state index is 0.0794. The average Bonchev–Trinajstić information content (AvgIpc) is 3.01. The van der Waals surface area contributed by atoms with Crippen LogP contribution in [0.1, 0.15) is 33.8 Å². The molecule has 7 heteroatoms. The van der Waals surface area contributed by atoms with Crippen LogP contribution in [-0.4, -0.2) is 51.0 Å². The second-order valence-corrected chi connectivity index (χ2v) is 6.11. The Labute approximate surface area is 145 Å². The molecule has 1 aromatic carbocycles. The molecule has 0 atom stereocenters. The van der Waals surface area contributed by atoms with Gasteiger partial charge in [-0.3, -0.25) is 4.79 Å². The Hall–Kier alpha value is -2.38. The van der Waals surface area contributed by atoms with Gasteiger partial charge in [0.15, 0.2) is 12.6 Å². The van der Waals surface area contributed by atoms with Gasteiger partial charge in [-0.1, -0.05) is 0 Å². The fourth-order valence-electron chi connectivity index (χ4n) is 3.49. The number of hydrogen-bond donors (Lipinski definition) is 1. The molecule has 0 aliphatic carbocycles. The van der Waals surface area contributed by atoms with E-state index in [4.69, 9.17) is 19.0 Å². The predicted molar refractivity (Wildman–Crippen MR) is 91.3 cm³/mol.